The van der Waals surface area contributed by atoms with Crippen LogP contribution in [0.15, 0.2) is 77.7 Å². The second kappa shape index (κ2) is 11.6. The number of carbonyl (C=O) groups excluding carboxylic acids is 1. The number of aromatic amines is 1. The number of ether oxygens (including phenoxy) is 2. The number of benzene rings is 3. The van der Waals surface area contributed by atoms with E-state index in [1.54, 1.807) is 28.4 Å². The molecule has 1 spiro atoms. The zero-order valence-corrected chi connectivity index (χ0v) is 28.3. The first-order valence-electron chi connectivity index (χ1n) is 16.0. The number of H-pyrrole nitrogens is 1. The van der Waals surface area contributed by atoms with Crippen molar-refractivity contribution < 1.29 is 19.4 Å². The van der Waals surface area contributed by atoms with Crippen LogP contribution in [0.4, 0.5) is 5.69 Å². The van der Waals surface area contributed by atoms with E-state index < -0.39 is 13.7 Å². The molecule has 1 amide bonds. The number of fused-ring (bicyclic) bond motifs is 3. The highest BCUT2D eigenvalue weighted by Gasteiger charge is 2.65. The number of aliphatic hydroxyl groups is 1. The quantitative estimate of drug-likeness (QED) is 0.232. The van der Waals surface area contributed by atoms with Gasteiger partial charge in [-0.15, -0.1) is 5.10 Å². The van der Waals surface area contributed by atoms with Crippen LogP contribution in [0.1, 0.15) is 24.6 Å². The molecule has 11 nitrogen and oxygen atoms in total. The molecule has 47 heavy (non-hydrogen) atoms. The number of anilines is 1. The predicted octanol–water partition coefficient (Wildman–Crippen LogP) is 3.74. The van der Waals surface area contributed by atoms with Crippen molar-refractivity contribution >= 4 is 35.8 Å². The molecule has 0 aliphatic carbocycles. The van der Waals surface area contributed by atoms with Gasteiger partial charge in [-0.05, 0) is 54.4 Å². The average Bonchev–Trinajstić information content (AvgIpc) is 3.81. The van der Waals surface area contributed by atoms with E-state index in [-0.39, 0.29) is 35.6 Å². The van der Waals surface area contributed by atoms with Crippen LogP contribution in [0, 0.1) is 5.92 Å². The maximum absolute atomic E-state index is 14.5. The number of aromatic nitrogens is 5. The summed E-state index contributed by atoms with van der Waals surface area (Å²) in [7, 11) is 1.14. The highest BCUT2D eigenvalue weighted by atomic mass is 28.3. The number of likely N-dealkylation sites (N-methyl/N-ethyl adjacent to an activating group) is 1. The van der Waals surface area contributed by atoms with Crippen LogP contribution in [0.5, 0.6) is 5.75 Å². The summed E-state index contributed by atoms with van der Waals surface area (Å²) in [6.45, 7) is 7.42. The fourth-order valence-corrected chi connectivity index (χ4v) is 12.1. The number of nitrogens with one attached hydrogen (secondary N) is 1. The second-order valence-electron chi connectivity index (χ2n) is 13.3. The summed E-state index contributed by atoms with van der Waals surface area (Å²) >= 11 is 0. The predicted molar refractivity (Wildman–Crippen MR) is 182 cm³/mol. The zero-order valence-electron chi connectivity index (χ0n) is 27.3. The van der Waals surface area contributed by atoms with Gasteiger partial charge in [0.15, 0.2) is 5.60 Å². The molecule has 0 bridgehead atoms. The Kier molecular flexibility index (Phi) is 7.69. The van der Waals surface area contributed by atoms with Crippen LogP contribution < -0.4 is 20.4 Å². The number of nitrogens with zero attached hydrogens (tertiary/aromatic N) is 5. The lowest BCUT2D eigenvalue weighted by atomic mass is 9.82. The summed E-state index contributed by atoms with van der Waals surface area (Å²) in [5.41, 5.74) is 2.36. The van der Waals surface area contributed by atoms with E-state index in [9.17, 15) is 14.7 Å². The average molecular weight is 653 g/mol. The molecule has 0 unspecified atom stereocenters. The number of carbonyl (C=O) groups is 1. The standard InChI is InChI=1S/C35H40N6O5Si/c1-22-32(47(4,5)26-13-11-25(45-3)12-14-26)31(16-18-40-21-23(17-19-42)36-38-40)46-35(22)28-20-24(10-15-30(28)39(2)34(35)44)41-33(43)27-8-6-7-9-29(27)37-41/h6-15,20-22,31-32,37,42H,16-19H2,1-5H3/t22-,31+,32-,35+/m1/s1. The number of hydrogen-bond donors (Lipinski definition) is 2. The van der Waals surface area contributed by atoms with Gasteiger partial charge in [0.1, 0.15) is 5.75 Å². The summed E-state index contributed by atoms with van der Waals surface area (Å²) in [6, 6.07) is 21.5. The zero-order chi connectivity index (χ0) is 33.1. The van der Waals surface area contributed by atoms with E-state index in [4.69, 9.17) is 9.47 Å². The minimum atomic E-state index is -2.32. The van der Waals surface area contributed by atoms with Gasteiger partial charge in [0.25, 0.3) is 11.5 Å². The van der Waals surface area contributed by atoms with Gasteiger partial charge in [-0.1, -0.05) is 54.7 Å². The minimum absolute atomic E-state index is 0.00977. The van der Waals surface area contributed by atoms with Crippen molar-refractivity contribution in [1.29, 1.82) is 0 Å². The molecule has 7 rings (SSSR count). The first kappa shape index (κ1) is 31.1. The Hall–Kier alpha value is -4.52. The molecule has 2 aliphatic rings. The minimum Gasteiger partial charge on any atom is -0.497 e. The van der Waals surface area contributed by atoms with Crippen molar-refractivity contribution in [3.8, 4) is 11.4 Å². The van der Waals surface area contributed by atoms with Crippen molar-refractivity contribution in [3.63, 3.8) is 0 Å². The second-order valence-corrected chi connectivity index (χ2v) is 17.9. The van der Waals surface area contributed by atoms with Gasteiger partial charge in [0.2, 0.25) is 0 Å². The van der Waals surface area contributed by atoms with E-state index in [0.717, 1.165) is 28.2 Å². The van der Waals surface area contributed by atoms with Crippen LogP contribution >= 0.6 is 0 Å². The van der Waals surface area contributed by atoms with E-state index >= 15 is 0 Å². The lowest BCUT2D eigenvalue weighted by Gasteiger charge is -2.37. The molecule has 2 N–H and O–H groups in total. The number of methoxy groups -OCH3 is 1. The number of amides is 1. The topological polar surface area (TPSA) is 127 Å². The van der Waals surface area contributed by atoms with Gasteiger partial charge in [-0.25, -0.2) is 4.68 Å². The Morgan fingerprint density at radius 3 is 2.57 bits per heavy atom. The van der Waals surface area contributed by atoms with Crippen LogP contribution in [-0.2, 0) is 28.1 Å². The van der Waals surface area contributed by atoms with Gasteiger partial charge in [0, 0.05) is 44.3 Å². The molecule has 0 radical (unpaired) electrons. The van der Waals surface area contributed by atoms with Crippen LogP contribution in [0.3, 0.4) is 0 Å². The number of hydrogen-bond acceptors (Lipinski definition) is 7. The van der Waals surface area contributed by atoms with Crippen molar-refractivity contribution in [3.05, 3.63) is 94.5 Å². The fraction of sp³-hybridized carbons (Fsp3) is 0.371. The first-order valence-corrected chi connectivity index (χ1v) is 19.1. The third kappa shape index (κ3) is 4.85. The summed E-state index contributed by atoms with van der Waals surface area (Å²) in [5, 5.41) is 22.9. The van der Waals surface area contributed by atoms with Gasteiger partial charge in [-0.3, -0.25) is 19.4 Å². The smallest absolute Gasteiger partial charge is 0.279 e. The summed E-state index contributed by atoms with van der Waals surface area (Å²) in [5.74, 6) is 0.524. The van der Waals surface area contributed by atoms with Gasteiger partial charge < -0.3 is 19.5 Å². The largest absolute Gasteiger partial charge is 0.497 e. The monoisotopic (exact) mass is 652 g/mol. The van der Waals surface area contributed by atoms with Crippen molar-refractivity contribution in [1.82, 2.24) is 24.8 Å². The van der Waals surface area contributed by atoms with Crippen LogP contribution in [0.25, 0.3) is 16.6 Å². The third-order valence-electron chi connectivity index (χ3n) is 10.4. The van der Waals surface area contributed by atoms with E-state index in [1.807, 2.05) is 60.8 Å². The van der Waals surface area contributed by atoms with Crippen LogP contribution in [-0.4, -0.2) is 70.7 Å². The van der Waals surface area contributed by atoms with E-state index in [1.165, 1.54) is 5.19 Å². The van der Waals surface area contributed by atoms with Crippen molar-refractivity contribution in [2.24, 2.45) is 5.92 Å². The highest BCUT2D eigenvalue weighted by molar-refractivity contribution is 6.91. The molecule has 1 fully saturated rings. The first-order chi connectivity index (χ1) is 22.6. The third-order valence-corrected chi connectivity index (χ3v) is 14.8. The maximum Gasteiger partial charge on any atom is 0.279 e. The SMILES string of the molecule is COc1ccc([Si](C)(C)[C@H]2[C@H](CCn3cc(CCO)nn3)O[C@@]3(C(=O)N(C)c4ccc(-n5[nH]c6ccccc6c5=O)cc43)[C@@H]2C)cc1. The lowest BCUT2D eigenvalue weighted by molar-refractivity contribution is -0.145. The summed E-state index contributed by atoms with van der Waals surface area (Å²) in [4.78, 5) is 29.6. The number of para-hydroxylation sites is 1. The molecule has 12 heteroatoms. The van der Waals surface area contributed by atoms with E-state index in [2.05, 4.69) is 47.6 Å². The highest BCUT2D eigenvalue weighted by Crippen LogP contribution is 2.59. The Morgan fingerprint density at radius 2 is 1.85 bits per heavy atom. The van der Waals surface area contributed by atoms with Gasteiger partial charge >= 0.3 is 0 Å². The summed E-state index contributed by atoms with van der Waals surface area (Å²) < 4.78 is 16.0. The van der Waals surface area contributed by atoms with Gasteiger partial charge in [-0.2, -0.15) is 0 Å². The Balaban J connectivity index is 1.33. The van der Waals surface area contributed by atoms with Crippen LogP contribution in [0.2, 0.25) is 18.6 Å². The van der Waals surface area contributed by atoms with Crippen molar-refractivity contribution in [2.75, 3.05) is 25.7 Å². The molecule has 5 aromatic rings. The number of aryl methyl sites for hydroxylation is 1. The molecule has 1 saturated heterocycles. The molecule has 2 aromatic heterocycles. The summed E-state index contributed by atoms with van der Waals surface area (Å²) in [6.07, 6.45) is 2.67. The molecule has 4 atom stereocenters. The molecular formula is C35H40N6O5Si. The number of aliphatic hydroxyl groups excluding tert-OH is 1. The molecule has 4 heterocycles. The molecule has 3 aromatic carbocycles. The Morgan fingerprint density at radius 1 is 1.09 bits per heavy atom. The molecule has 0 saturated carbocycles. The molecular weight excluding hydrogens is 613 g/mol. The Labute approximate surface area is 273 Å². The Bertz CT molecular complexity index is 2020. The van der Waals surface area contributed by atoms with Crippen molar-refractivity contribution in [2.45, 2.75) is 56.7 Å². The van der Waals surface area contributed by atoms with E-state index in [0.29, 0.717) is 30.5 Å². The number of rotatable bonds is 9. The van der Waals surface area contributed by atoms with Gasteiger partial charge in [0.05, 0.1) is 49.3 Å². The molecule has 2 aliphatic heterocycles. The lowest BCUT2D eigenvalue weighted by Crippen LogP contribution is -2.51. The fourth-order valence-electron chi connectivity index (χ4n) is 7.99. The normalized spacial score (nSPS) is 22.5. The molecule has 244 valence electrons. The maximum atomic E-state index is 14.5.